The van der Waals surface area contributed by atoms with Crippen molar-refractivity contribution < 1.29 is 8.78 Å². The van der Waals surface area contributed by atoms with Crippen molar-refractivity contribution in [1.82, 2.24) is 4.48 Å². The van der Waals surface area contributed by atoms with Crippen LogP contribution >= 0.6 is 0 Å². The predicted octanol–water partition coefficient (Wildman–Crippen LogP) is 2.70. The molecule has 0 radical (unpaired) electrons. The largest absolute Gasteiger partial charge is 0.291 e. The number of halogens is 2. The van der Waals surface area contributed by atoms with E-state index >= 15 is 0 Å². The van der Waals surface area contributed by atoms with E-state index in [0.717, 1.165) is 32.0 Å². The van der Waals surface area contributed by atoms with Gasteiger partial charge < -0.3 is 0 Å². The molecule has 0 aliphatic carbocycles. The fourth-order valence-electron chi connectivity index (χ4n) is 2.19. The Morgan fingerprint density at radius 2 is 1.79 bits per heavy atom. The van der Waals surface area contributed by atoms with Crippen LogP contribution in [0.5, 0.6) is 0 Å². The standard InChI is InChI=1S/C11H14F2N/c1-14(6-2-3-7-14)11-5-4-9(12)8-10(11)13/h4-5,8H,2-3,6-7H2,1H3/q+1. The van der Waals surface area contributed by atoms with Gasteiger partial charge in [-0.25, -0.2) is 8.78 Å². The van der Waals surface area contributed by atoms with Gasteiger partial charge in [-0.3, -0.25) is 4.48 Å². The van der Waals surface area contributed by atoms with E-state index in [4.69, 9.17) is 0 Å². The van der Waals surface area contributed by atoms with Crippen molar-refractivity contribution in [3.63, 3.8) is 0 Å². The maximum Gasteiger partial charge on any atom is 0.186 e. The maximum atomic E-state index is 13.5. The van der Waals surface area contributed by atoms with E-state index in [1.807, 2.05) is 7.05 Å². The van der Waals surface area contributed by atoms with Gasteiger partial charge in [0.1, 0.15) is 5.82 Å². The Balaban J connectivity index is 2.40. The van der Waals surface area contributed by atoms with Gasteiger partial charge in [0.25, 0.3) is 0 Å². The van der Waals surface area contributed by atoms with Crippen LogP contribution in [0.1, 0.15) is 12.8 Å². The van der Waals surface area contributed by atoms with Crippen LogP contribution in [0, 0.1) is 11.6 Å². The zero-order valence-corrected chi connectivity index (χ0v) is 8.26. The van der Waals surface area contributed by atoms with Crippen molar-refractivity contribution in [2.45, 2.75) is 12.8 Å². The van der Waals surface area contributed by atoms with Crippen LogP contribution in [0.4, 0.5) is 14.5 Å². The predicted molar refractivity (Wildman–Crippen MR) is 53.0 cm³/mol. The van der Waals surface area contributed by atoms with Gasteiger partial charge in [0.2, 0.25) is 0 Å². The first-order valence-corrected chi connectivity index (χ1v) is 4.92. The Hall–Kier alpha value is -0.960. The lowest BCUT2D eigenvalue weighted by Crippen LogP contribution is -2.42. The van der Waals surface area contributed by atoms with E-state index in [2.05, 4.69) is 0 Å². The molecule has 0 bridgehead atoms. The van der Waals surface area contributed by atoms with Crippen molar-refractivity contribution in [2.24, 2.45) is 0 Å². The molecule has 0 amide bonds. The van der Waals surface area contributed by atoms with Crippen molar-refractivity contribution >= 4 is 5.69 Å². The van der Waals surface area contributed by atoms with Crippen LogP contribution in [0.3, 0.4) is 0 Å². The zero-order chi connectivity index (χ0) is 10.2. The van der Waals surface area contributed by atoms with Gasteiger partial charge in [0.05, 0.1) is 20.1 Å². The fourth-order valence-corrected chi connectivity index (χ4v) is 2.19. The molecule has 2 rings (SSSR count). The van der Waals surface area contributed by atoms with Crippen molar-refractivity contribution in [2.75, 3.05) is 20.1 Å². The lowest BCUT2D eigenvalue weighted by atomic mass is 10.2. The minimum Gasteiger partial charge on any atom is -0.291 e. The lowest BCUT2D eigenvalue weighted by molar-refractivity contribution is 0.387. The highest BCUT2D eigenvalue weighted by atomic mass is 19.1. The Bertz CT molecular complexity index is 343. The lowest BCUT2D eigenvalue weighted by Gasteiger charge is -2.28. The van der Waals surface area contributed by atoms with E-state index in [9.17, 15) is 8.78 Å². The highest BCUT2D eigenvalue weighted by molar-refractivity contribution is 5.44. The summed E-state index contributed by atoms with van der Waals surface area (Å²) >= 11 is 0. The molecule has 0 spiro atoms. The molecule has 1 aliphatic rings. The number of nitrogens with zero attached hydrogens (tertiary/aromatic N) is 1. The summed E-state index contributed by atoms with van der Waals surface area (Å²) in [5, 5.41) is 0. The maximum absolute atomic E-state index is 13.5. The first-order valence-electron chi connectivity index (χ1n) is 4.92. The third-order valence-electron chi connectivity index (χ3n) is 3.04. The van der Waals surface area contributed by atoms with E-state index < -0.39 is 11.6 Å². The van der Waals surface area contributed by atoms with Gasteiger partial charge in [-0.15, -0.1) is 0 Å². The van der Waals surface area contributed by atoms with E-state index in [0.29, 0.717) is 10.2 Å². The number of rotatable bonds is 1. The normalized spacial score (nSPS) is 19.9. The molecule has 76 valence electrons. The van der Waals surface area contributed by atoms with Gasteiger partial charge in [-0.2, -0.15) is 0 Å². The summed E-state index contributed by atoms with van der Waals surface area (Å²) in [6.45, 7) is 1.89. The van der Waals surface area contributed by atoms with Crippen LogP contribution in [0.25, 0.3) is 0 Å². The molecule has 0 atom stereocenters. The Morgan fingerprint density at radius 1 is 1.14 bits per heavy atom. The van der Waals surface area contributed by atoms with Gasteiger partial charge in [0.15, 0.2) is 11.5 Å². The Kier molecular flexibility index (Phi) is 2.27. The van der Waals surface area contributed by atoms with Crippen molar-refractivity contribution in [3.8, 4) is 0 Å². The number of hydrogen-bond donors (Lipinski definition) is 0. The molecular formula is C11H14F2N+. The SMILES string of the molecule is C[N+]1(c2ccc(F)cc2F)CCCC1. The third-order valence-corrected chi connectivity index (χ3v) is 3.04. The summed E-state index contributed by atoms with van der Waals surface area (Å²) in [6, 6.07) is 3.87. The molecule has 1 heterocycles. The summed E-state index contributed by atoms with van der Waals surface area (Å²) in [5.74, 6) is -0.925. The molecule has 0 aromatic heterocycles. The molecule has 14 heavy (non-hydrogen) atoms. The van der Waals surface area contributed by atoms with Gasteiger partial charge in [-0.05, 0) is 6.07 Å². The molecule has 1 saturated heterocycles. The molecular weight excluding hydrogens is 184 g/mol. The van der Waals surface area contributed by atoms with E-state index in [-0.39, 0.29) is 0 Å². The van der Waals surface area contributed by atoms with Crippen molar-refractivity contribution in [3.05, 3.63) is 29.8 Å². The minimum absolute atomic E-state index is 0.422. The number of likely N-dealkylation sites (tertiary alicyclic amines) is 1. The summed E-state index contributed by atoms with van der Waals surface area (Å²) < 4.78 is 26.8. The van der Waals surface area contributed by atoms with Gasteiger partial charge in [-0.1, -0.05) is 0 Å². The van der Waals surface area contributed by atoms with Crippen LogP contribution in [0.15, 0.2) is 18.2 Å². The number of quaternary nitrogens is 1. The molecule has 3 heteroatoms. The second kappa shape index (κ2) is 3.31. The monoisotopic (exact) mass is 198 g/mol. The molecule has 1 aliphatic heterocycles. The van der Waals surface area contributed by atoms with E-state index in [1.165, 1.54) is 6.07 Å². The number of hydrogen-bond acceptors (Lipinski definition) is 0. The quantitative estimate of drug-likeness (QED) is 0.609. The fraction of sp³-hybridized carbons (Fsp3) is 0.455. The van der Waals surface area contributed by atoms with E-state index in [1.54, 1.807) is 6.07 Å². The molecule has 0 N–H and O–H groups in total. The summed E-state index contributed by atoms with van der Waals surface area (Å²) in [7, 11) is 2.00. The van der Waals surface area contributed by atoms with Crippen molar-refractivity contribution in [1.29, 1.82) is 0 Å². The smallest absolute Gasteiger partial charge is 0.186 e. The molecule has 0 saturated carbocycles. The molecule has 0 unspecified atom stereocenters. The van der Waals surface area contributed by atoms with Crippen LogP contribution in [0.2, 0.25) is 0 Å². The number of benzene rings is 1. The molecule has 1 aromatic rings. The second-order valence-corrected chi connectivity index (χ2v) is 4.15. The summed E-state index contributed by atoms with van der Waals surface area (Å²) in [4.78, 5) is 0. The molecule has 1 fully saturated rings. The Morgan fingerprint density at radius 3 is 2.36 bits per heavy atom. The summed E-state index contributed by atoms with van der Waals surface area (Å²) in [5.41, 5.74) is 0.615. The first kappa shape index (κ1) is 9.59. The molecule has 1 aromatic carbocycles. The van der Waals surface area contributed by atoms with Crippen LogP contribution in [-0.4, -0.2) is 20.1 Å². The average molecular weight is 198 g/mol. The van der Waals surface area contributed by atoms with Crippen LogP contribution in [-0.2, 0) is 0 Å². The Labute approximate surface area is 82.6 Å². The van der Waals surface area contributed by atoms with Gasteiger partial charge in [0, 0.05) is 25.0 Å². The first-order chi connectivity index (χ1) is 6.62. The van der Waals surface area contributed by atoms with Crippen LogP contribution < -0.4 is 4.48 Å². The highest BCUT2D eigenvalue weighted by Crippen LogP contribution is 2.29. The minimum atomic E-state index is -0.503. The topological polar surface area (TPSA) is 0 Å². The third kappa shape index (κ3) is 1.52. The highest BCUT2D eigenvalue weighted by Gasteiger charge is 2.32. The zero-order valence-electron chi connectivity index (χ0n) is 8.26. The average Bonchev–Trinajstić information content (AvgIpc) is 2.52. The summed E-state index contributed by atoms with van der Waals surface area (Å²) in [6.07, 6.45) is 2.24. The second-order valence-electron chi connectivity index (χ2n) is 4.15. The van der Waals surface area contributed by atoms with Gasteiger partial charge >= 0.3 is 0 Å². The molecule has 1 nitrogen and oxygen atoms in total.